The predicted molar refractivity (Wildman–Crippen MR) is 82.5 cm³/mol. The van der Waals surface area contributed by atoms with Gasteiger partial charge in [0.05, 0.1) is 11.0 Å². The number of rotatable bonds is 5. The van der Waals surface area contributed by atoms with E-state index in [4.69, 9.17) is 5.73 Å². The van der Waals surface area contributed by atoms with Crippen LogP contribution in [0.5, 0.6) is 0 Å². The van der Waals surface area contributed by atoms with E-state index in [1.165, 1.54) is 5.56 Å². The Labute approximate surface area is 121 Å². The Morgan fingerprint density at radius 2 is 1.90 bits per heavy atom. The van der Waals surface area contributed by atoms with Crippen molar-refractivity contribution in [2.24, 2.45) is 5.73 Å². The standard InChI is InChI=1S/C15H24N2O2S/c1-12(2)20(18,19)9-8-17-10-14(15(16)11-17)13-6-4-3-5-7-13/h3-7,12,14-15H,8-11,16H2,1-2H3/t14-,15+/m0/s1. The number of benzene rings is 1. The fourth-order valence-electron chi connectivity index (χ4n) is 2.64. The molecular weight excluding hydrogens is 272 g/mol. The summed E-state index contributed by atoms with van der Waals surface area (Å²) in [6, 6.07) is 10.3. The van der Waals surface area contributed by atoms with Crippen LogP contribution in [0.4, 0.5) is 0 Å². The van der Waals surface area contributed by atoms with Gasteiger partial charge in [0, 0.05) is 31.6 Å². The Bertz CT molecular complexity index is 528. The molecule has 0 spiro atoms. The number of hydrogen-bond donors (Lipinski definition) is 1. The van der Waals surface area contributed by atoms with Crippen LogP contribution in [0, 0.1) is 0 Å². The van der Waals surface area contributed by atoms with Gasteiger partial charge < -0.3 is 10.6 Å². The van der Waals surface area contributed by atoms with Gasteiger partial charge in [-0.05, 0) is 19.4 Å². The molecule has 20 heavy (non-hydrogen) atoms. The summed E-state index contributed by atoms with van der Waals surface area (Å²) in [6.45, 7) is 5.67. The zero-order chi connectivity index (χ0) is 14.8. The molecule has 0 saturated carbocycles. The Hall–Kier alpha value is -0.910. The normalized spacial score (nSPS) is 24.4. The molecule has 0 unspecified atom stereocenters. The lowest BCUT2D eigenvalue weighted by Crippen LogP contribution is -2.32. The van der Waals surface area contributed by atoms with Crippen molar-refractivity contribution in [3.8, 4) is 0 Å². The minimum atomic E-state index is -2.97. The Morgan fingerprint density at radius 1 is 1.25 bits per heavy atom. The quantitative estimate of drug-likeness (QED) is 0.888. The Balaban J connectivity index is 1.95. The smallest absolute Gasteiger partial charge is 0.153 e. The molecule has 1 heterocycles. The van der Waals surface area contributed by atoms with Gasteiger partial charge in [-0.25, -0.2) is 8.42 Å². The molecule has 2 atom stereocenters. The van der Waals surface area contributed by atoms with Gasteiger partial charge in [0.25, 0.3) is 0 Å². The number of sulfone groups is 1. The first kappa shape index (κ1) is 15.5. The highest BCUT2D eigenvalue weighted by Crippen LogP contribution is 2.26. The SMILES string of the molecule is CC(C)S(=O)(=O)CCN1C[C@@H](N)[C@H](c2ccccc2)C1. The zero-order valence-electron chi connectivity index (χ0n) is 12.2. The van der Waals surface area contributed by atoms with Gasteiger partial charge in [0.15, 0.2) is 9.84 Å². The third kappa shape index (κ3) is 3.59. The van der Waals surface area contributed by atoms with Crippen LogP contribution in [-0.2, 0) is 9.84 Å². The molecule has 0 aromatic heterocycles. The maximum absolute atomic E-state index is 11.9. The molecule has 0 radical (unpaired) electrons. The summed E-state index contributed by atoms with van der Waals surface area (Å²) in [4.78, 5) is 2.17. The lowest BCUT2D eigenvalue weighted by atomic mass is 9.95. The summed E-state index contributed by atoms with van der Waals surface area (Å²) in [5.74, 6) is 0.525. The van der Waals surface area contributed by atoms with Crippen molar-refractivity contribution in [3.63, 3.8) is 0 Å². The molecule has 0 bridgehead atoms. The van der Waals surface area contributed by atoms with Crippen molar-refractivity contribution in [3.05, 3.63) is 35.9 Å². The van der Waals surface area contributed by atoms with Crippen LogP contribution < -0.4 is 5.73 Å². The van der Waals surface area contributed by atoms with Gasteiger partial charge in [0.2, 0.25) is 0 Å². The molecule has 1 aliphatic rings. The first-order valence-electron chi connectivity index (χ1n) is 7.14. The molecule has 5 heteroatoms. The zero-order valence-corrected chi connectivity index (χ0v) is 13.0. The summed E-state index contributed by atoms with van der Waals surface area (Å²) < 4.78 is 23.7. The fourth-order valence-corrected chi connectivity index (χ4v) is 3.63. The van der Waals surface area contributed by atoms with Crippen molar-refractivity contribution >= 4 is 9.84 Å². The van der Waals surface area contributed by atoms with E-state index in [-0.39, 0.29) is 17.0 Å². The minimum absolute atomic E-state index is 0.0826. The van der Waals surface area contributed by atoms with Gasteiger partial charge in [-0.1, -0.05) is 30.3 Å². The topological polar surface area (TPSA) is 63.4 Å². The average Bonchev–Trinajstić information content (AvgIpc) is 2.79. The molecule has 2 N–H and O–H groups in total. The van der Waals surface area contributed by atoms with Crippen molar-refractivity contribution in [1.82, 2.24) is 4.90 Å². The van der Waals surface area contributed by atoms with Crippen LogP contribution in [-0.4, -0.2) is 50.0 Å². The first-order valence-corrected chi connectivity index (χ1v) is 8.86. The van der Waals surface area contributed by atoms with Crippen molar-refractivity contribution in [1.29, 1.82) is 0 Å². The number of nitrogens with zero attached hydrogens (tertiary/aromatic N) is 1. The molecule has 2 rings (SSSR count). The molecule has 1 aromatic rings. The van der Waals surface area contributed by atoms with E-state index >= 15 is 0 Å². The molecule has 112 valence electrons. The molecule has 1 fully saturated rings. The summed E-state index contributed by atoms with van der Waals surface area (Å²) in [7, 11) is -2.97. The Morgan fingerprint density at radius 3 is 2.50 bits per heavy atom. The second-order valence-corrected chi connectivity index (χ2v) is 8.53. The van der Waals surface area contributed by atoms with Crippen LogP contribution in [0.15, 0.2) is 30.3 Å². The maximum Gasteiger partial charge on any atom is 0.153 e. The second kappa shape index (κ2) is 6.24. The molecule has 0 aliphatic carbocycles. The summed E-state index contributed by atoms with van der Waals surface area (Å²) in [5.41, 5.74) is 7.45. The van der Waals surface area contributed by atoms with E-state index in [9.17, 15) is 8.42 Å². The molecule has 1 aromatic carbocycles. The summed E-state index contributed by atoms with van der Waals surface area (Å²) in [5, 5.41) is -0.302. The van der Waals surface area contributed by atoms with Crippen molar-refractivity contribution < 1.29 is 8.42 Å². The molecule has 0 amide bonds. The van der Waals surface area contributed by atoms with Crippen LogP contribution in [0.3, 0.4) is 0 Å². The second-order valence-electron chi connectivity index (χ2n) is 5.86. The van der Waals surface area contributed by atoms with Gasteiger partial charge in [-0.2, -0.15) is 0 Å². The Kier molecular flexibility index (Phi) is 4.83. The average molecular weight is 296 g/mol. The van der Waals surface area contributed by atoms with Crippen molar-refractivity contribution in [2.75, 3.05) is 25.4 Å². The van der Waals surface area contributed by atoms with Crippen LogP contribution in [0.25, 0.3) is 0 Å². The van der Waals surface area contributed by atoms with E-state index in [0.717, 1.165) is 13.1 Å². The lowest BCUT2D eigenvalue weighted by molar-refractivity contribution is 0.350. The third-order valence-corrected chi connectivity index (χ3v) is 6.27. The van der Waals surface area contributed by atoms with E-state index in [1.54, 1.807) is 13.8 Å². The number of likely N-dealkylation sites (tertiary alicyclic amines) is 1. The van der Waals surface area contributed by atoms with E-state index in [2.05, 4.69) is 17.0 Å². The van der Waals surface area contributed by atoms with E-state index in [1.807, 2.05) is 18.2 Å². The first-order chi connectivity index (χ1) is 9.40. The van der Waals surface area contributed by atoms with E-state index in [0.29, 0.717) is 12.5 Å². The van der Waals surface area contributed by atoms with Gasteiger partial charge >= 0.3 is 0 Å². The third-order valence-electron chi connectivity index (χ3n) is 4.08. The summed E-state index contributed by atoms with van der Waals surface area (Å²) in [6.07, 6.45) is 0. The highest BCUT2D eigenvalue weighted by molar-refractivity contribution is 7.92. The molecular formula is C15H24N2O2S. The molecule has 1 aliphatic heterocycles. The largest absolute Gasteiger partial charge is 0.326 e. The van der Waals surface area contributed by atoms with E-state index < -0.39 is 9.84 Å². The number of hydrogen-bond acceptors (Lipinski definition) is 4. The van der Waals surface area contributed by atoms with Crippen LogP contribution in [0.2, 0.25) is 0 Å². The molecule has 4 nitrogen and oxygen atoms in total. The van der Waals surface area contributed by atoms with Gasteiger partial charge in [-0.3, -0.25) is 0 Å². The maximum atomic E-state index is 11.9. The number of nitrogens with two attached hydrogens (primary N) is 1. The predicted octanol–water partition coefficient (Wildman–Crippen LogP) is 1.24. The highest BCUT2D eigenvalue weighted by atomic mass is 32.2. The van der Waals surface area contributed by atoms with Gasteiger partial charge in [-0.15, -0.1) is 0 Å². The highest BCUT2D eigenvalue weighted by Gasteiger charge is 2.31. The van der Waals surface area contributed by atoms with Crippen molar-refractivity contribution in [2.45, 2.75) is 31.1 Å². The molecule has 1 saturated heterocycles. The van der Waals surface area contributed by atoms with Crippen LogP contribution in [0.1, 0.15) is 25.3 Å². The summed E-state index contributed by atoms with van der Waals surface area (Å²) >= 11 is 0. The van der Waals surface area contributed by atoms with Crippen LogP contribution >= 0.6 is 0 Å². The monoisotopic (exact) mass is 296 g/mol. The fraction of sp³-hybridized carbons (Fsp3) is 0.600. The van der Waals surface area contributed by atoms with Gasteiger partial charge in [0.1, 0.15) is 0 Å². The minimum Gasteiger partial charge on any atom is -0.326 e. The lowest BCUT2D eigenvalue weighted by Gasteiger charge is -2.17.